The summed E-state index contributed by atoms with van der Waals surface area (Å²) in [4.78, 5) is 18.0. The number of thioether (sulfide) groups is 1. The number of para-hydroxylation sites is 2. The first-order valence-electron chi connectivity index (χ1n) is 8.81. The Morgan fingerprint density at radius 3 is 2.43 bits per heavy atom. The number of halogens is 1. The SMILES string of the molecule is O=c1c2cc(I)ccc2nc(SCCOc2ccccc2)n1-c1ccccc1. The minimum atomic E-state index is -0.0545. The third-order valence-electron chi connectivity index (χ3n) is 4.14. The third kappa shape index (κ3) is 4.23. The number of benzene rings is 3. The molecule has 1 aromatic heterocycles. The van der Waals surface area contributed by atoms with Gasteiger partial charge in [-0.05, 0) is 65.1 Å². The highest BCUT2D eigenvalue weighted by atomic mass is 127. The molecule has 0 saturated heterocycles. The second-order valence-corrected chi connectivity index (χ2v) is 8.35. The van der Waals surface area contributed by atoms with Crippen molar-refractivity contribution in [1.82, 2.24) is 9.55 Å². The van der Waals surface area contributed by atoms with E-state index in [1.165, 1.54) is 11.8 Å². The van der Waals surface area contributed by atoms with E-state index < -0.39 is 0 Å². The molecule has 140 valence electrons. The Hall–Kier alpha value is -2.32. The number of aromatic nitrogens is 2. The first-order chi connectivity index (χ1) is 13.7. The average molecular weight is 500 g/mol. The first-order valence-corrected chi connectivity index (χ1v) is 10.9. The lowest BCUT2D eigenvalue weighted by Gasteiger charge is -2.13. The van der Waals surface area contributed by atoms with Gasteiger partial charge in [0.15, 0.2) is 5.16 Å². The second-order valence-electron chi connectivity index (χ2n) is 6.04. The van der Waals surface area contributed by atoms with Crippen LogP contribution in [0.5, 0.6) is 5.75 Å². The molecule has 28 heavy (non-hydrogen) atoms. The summed E-state index contributed by atoms with van der Waals surface area (Å²) in [5.74, 6) is 1.52. The molecule has 0 spiro atoms. The van der Waals surface area contributed by atoms with Crippen molar-refractivity contribution < 1.29 is 4.74 Å². The van der Waals surface area contributed by atoms with E-state index in [0.29, 0.717) is 28.4 Å². The Labute approximate surface area is 180 Å². The van der Waals surface area contributed by atoms with Crippen LogP contribution in [0.1, 0.15) is 0 Å². The summed E-state index contributed by atoms with van der Waals surface area (Å²) in [6.45, 7) is 0.532. The fraction of sp³-hybridized carbons (Fsp3) is 0.0909. The van der Waals surface area contributed by atoms with E-state index >= 15 is 0 Å². The topological polar surface area (TPSA) is 44.1 Å². The van der Waals surface area contributed by atoms with Crippen LogP contribution >= 0.6 is 34.4 Å². The van der Waals surface area contributed by atoms with Gasteiger partial charge in [0.05, 0.1) is 23.2 Å². The van der Waals surface area contributed by atoms with Gasteiger partial charge in [-0.2, -0.15) is 0 Å². The third-order valence-corrected chi connectivity index (χ3v) is 5.71. The smallest absolute Gasteiger partial charge is 0.266 e. The van der Waals surface area contributed by atoms with Crippen molar-refractivity contribution in [2.75, 3.05) is 12.4 Å². The maximum Gasteiger partial charge on any atom is 0.266 e. The predicted molar refractivity (Wildman–Crippen MR) is 123 cm³/mol. The van der Waals surface area contributed by atoms with Crippen LogP contribution in [0.2, 0.25) is 0 Å². The summed E-state index contributed by atoms with van der Waals surface area (Å²) < 4.78 is 8.47. The van der Waals surface area contributed by atoms with Crippen LogP contribution in [0, 0.1) is 3.57 Å². The minimum Gasteiger partial charge on any atom is -0.493 e. The molecule has 3 aromatic carbocycles. The summed E-state index contributed by atoms with van der Waals surface area (Å²) in [5.41, 5.74) is 1.47. The monoisotopic (exact) mass is 500 g/mol. The van der Waals surface area contributed by atoms with Crippen molar-refractivity contribution in [2.24, 2.45) is 0 Å². The second kappa shape index (κ2) is 8.79. The van der Waals surface area contributed by atoms with Gasteiger partial charge >= 0.3 is 0 Å². The molecular formula is C22H17IN2O2S. The molecule has 0 unspecified atom stereocenters. The molecule has 6 heteroatoms. The fourth-order valence-electron chi connectivity index (χ4n) is 2.85. The van der Waals surface area contributed by atoms with E-state index in [1.54, 1.807) is 4.57 Å². The average Bonchev–Trinajstić information content (AvgIpc) is 2.73. The van der Waals surface area contributed by atoms with Crippen molar-refractivity contribution in [1.29, 1.82) is 0 Å². The van der Waals surface area contributed by atoms with Gasteiger partial charge in [0, 0.05) is 9.32 Å². The highest BCUT2D eigenvalue weighted by Crippen LogP contribution is 2.22. The number of hydrogen-bond donors (Lipinski definition) is 0. The maximum absolute atomic E-state index is 13.2. The van der Waals surface area contributed by atoms with Crippen molar-refractivity contribution in [2.45, 2.75) is 5.16 Å². The van der Waals surface area contributed by atoms with E-state index in [0.717, 1.165) is 15.0 Å². The Morgan fingerprint density at radius 1 is 0.964 bits per heavy atom. The molecule has 1 heterocycles. The molecule has 0 fully saturated rings. The van der Waals surface area contributed by atoms with Crippen LogP contribution in [0.4, 0.5) is 0 Å². The van der Waals surface area contributed by atoms with Crippen LogP contribution in [0.25, 0.3) is 16.6 Å². The Kier molecular flexibility index (Phi) is 5.97. The highest BCUT2D eigenvalue weighted by molar-refractivity contribution is 14.1. The standard InChI is InChI=1S/C22H17IN2O2S/c23-16-11-12-20-19(15-16)21(26)25(17-7-3-1-4-8-17)22(24-20)28-14-13-27-18-9-5-2-6-10-18/h1-12,15H,13-14H2. The van der Waals surface area contributed by atoms with Crippen LogP contribution in [0.3, 0.4) is 0 Å². The minimum absolute atomic E-state index is 0.0545. The van der Waals surface area contributed by atoms with Crippen molar-refractivity contribution >= 4 is 45.3 Å². The summed E-state index contributed by atoms with van der Waals surface area (Å²) in [7, 11) is 0. The molecule has 0 amide bonds. The molecule has 0 aliphatic carbocycles. The molecule has 0 saturated carbocycles. The molecular weight excluding hydrogens is 483 g/mol. The van der Waals surface area contributed by atoms with E-state index in [9.17, 15) is 4.79 Å². The van der Waals surface area contributed by atoms with Gasteiger partial charge in [0.2, 0.25) is 0 Å². The number of rotatable bonds is 6. The lowest BCUT2D eigenvalue weighted by molar-refractivity contribution is 0.344. The van der Waals surface area contributed by atoms with Crippen molar-refractivity contribution in [3.63, 3.8) is 0 Å². The zero-order chi connectivity index (χ0) is 19.3. The van der Waals surface area contributed by atoms with Gasteiger partial charge in [0.25, 0.3) is 5.56 Å². The zero-order valence-electron chi connectivity index (χ0n) is 14.9. The molecule has 0 aliphatic heterocycles. The van der Waals surface area contributed by atoms with Gasteiger partial charge in [-0.3, -0.25) is 9.36 Å². The van der Waals surface area contributed by atoms with E-state index in [-0.39, 0.29) is 5.56 Å². The summed E-state index contributed by atoms with van der Waals surface area (Å²) >= 11 is 3.73. The van der Waals surface area contributed by atoms with Crippen LogP contribution < -0.4 is 10.3 Å². The molecule has 0 N–H and O–H groups in total. The highest BCUT2D eigenvalue weighted by Gasteiger charge is 2.13. The lowest BCUT2D eigenvalue weighted by atomic mass is 10.2. The predicted octanol–water partition coefficient (Wildman–Crippen LogP) is 5.16. The number of nitrogens with zero attached hydrogens (tertiary/aromatic N) is 2. The van der Waals surface area contributed by atoms with Crippen molar-refractivity contribution in [3.05, 3.63) is 92.8 Å². The lowest BCUT2D eigenvalue weighted by Crippen LogP contribution is -2.22. The van der Waals surface area contributed by atoms with E-state index in [4.69, 9.17) is 9.72 Å². The first kappa shape index (κ1) is 19.0. The van der Waals surface area contributed by atoms with Gasteiger partial charge in [-0.1, -0.05) is 48.2 Å². The van der Waals surface area contributed by atoms with Crippen molar-refractivity contribution in [3.8, 4) is 11.4 Å². The van der Waals surface area contributed by atoms with E-state index in [2.05, 4.69) is 22.6 Å². The molecule has 0 aliphatic rings. The normalized spacial score (nSPS) is 10.9. The van der Waals surface area contributed by atoms with Crippen LogP contribution in [-0.4, -0.2) is 21.9 Å². The largest absolute Gasteiger partial charge is 0.493 e. The number of fused-ring (bicyclic) bond motifs is 1. The number of ether oxygens (including phenoxy) is 1. The van der Waals surface area contributed by atoms with Gasteiger partial charge in [0.1, 0.15) is 5.75 Å². The summed E-state index contributed by atoms with van der Waals surface area (Å²) in [6, 6.07) is 25.1. The van der Waals surface area contributed by atoms with Gasteiger partial charge < -0.3 is 4.74 Å². The Bertz CT molecular complexity index is 1150. The zero-order valence-corrected chi connectivity index (χ0v) is 17.9. The number of hydrogen-bond acceptors (Lipinski definition) is 4. The molecule has 4 nitrogen and oxygen atoms in total. The van der Waals surface area contributed by atoms with Gasteiger partial charge in [-0.15, -0.1) is 0 Å². The Morgan fingerprint density at radius 2 is 1.68 bits per heavy atom. The van der Waals surface area contributed by atoms with E-state index in [1.807, 2.05) is 78.9 Å². The molecule has 0 atom stereocenters. The fourth-order valence-corrected chi connectivity index (χ4v) is 4.17. The van der Waals surface area contributed by atoms with Gasteiger partial charge in [-0.25, -0.2) is 4.98 Å². The molecule has 0 bridgehead atoms. The molecule has 4 aromatic rings. The molecule has 0 radical (unpaired) electrons. The molecule has 4 rings (SSSR count). The Balaban J connectivity index is 1.66. The van der Waals surface area contributed by atoms with Crippen LogP contribution in [0.15, 0.2) is 88.8 Å². The summed E-state index contributed by atoms with van der Waals surface area (Å²) in [5, 5.41) is 1.29. The quantitative estimate of drug-likeness (QED) is 0.159. The van der Waals surface area contributed by atoms with Crippen LogP contribution in [-0.2, 0) is 0 Å². The maximum atomic E-state index is 13.2. The summed E-state index contributed by atoms with van der Waals surface area (Å²) in [6.07, 6.45) is 0.